The number of hydrogen-bond acceptors (Lipinski definition) is 3. The van der Waals surface area contributed by atoms with Crippen LogP contribution in [-0.4, -0.2) is 12.0 Å². The molecule has 2 heterocycles. The number of fused-ring (bicyclic) bond motifs is 1. The number of thiophene rings is 1. The molecular weight excluding hydrogens is 290 g/mol. The van der Waals surface area contributed by atoms with Gasteiger partial charge in [-0.3, -0.25) is 4.98 Å². The molecule has 0 aliphatic carbocycles. The van der Waals surface area contributed by atoms with Crippen molar-refractivity contribution >= 4 is 21.6 Å². The van der Waals surface area contributed by atoms with Crippen LogP contribution in [0.25, 0.3) is 10.2 Å². The molecule has 0 saturated carbocycles. The van der Waals surface area contributed by atoms with E-state index in [-0.39, 0.29) is 5.56 Å². The van der Waals surface area contributed by atoms with Gasteiger partial charge in [0.1, 0.15) is 11.6 Å². The van der Waals surface area contributed by atoms with Crippen molar-refractivity contribution in [3.05, 3.63) is 64.2 Å². The van der Waals surface area contributed by atoms with Crippen molar-refractivity contribution < 1.29 is 8.78 Å². The predicted molar refractivity (Wildman–Crippen MR) is 81.6 cm³/mol. The second-order valence-electron chi connectivity index (χ2n) is 4.89. The molecular formula is C16H14F2N2S. The van der Waals surface area contributed by atoms with Crippen LogP contribution in [0.15, 0.2) is 35.8 Å². The fourth-order valence-corrected chi connectivity index (χ4v) is 3.23. The van der Waals surface area contributed by atoms with Gasteiger partial charge in [0.15, 0.2) is 0 Å². The molecule has 1 N–H and O–H groups in total. The number of rotatable bonds is 3. The summed E-state index contributed by atoms with van der Waals surface area (Å²) >= 11 is 1.56. The molecule has 0 aliphatic heterocycles. The number of benzene rings is 1. The van der Waals surface area contributed by atoms with E-state index in [0.717, 1.165) is 15.8 Å². The number of halogens is 2. The van der Waals surface area contributed by atoms with Gasteiger partial charge in [0.2, 0.25) is 0 Å². The van der Waals surface area contributed by atoms with E-state index >= 15 is 0 Å². The molecule has 5 heteroatoms. The molecule has 3 aromatic rings. The Bertz CT molecular complexity index is 798. The van der Waals surface area contributed by atoms with Gasteiger partial charge in [-0.25, -0.2) is 8.78 Å². The van der Waals surface area contributed by atoms with E-state index in [0.29, 0.717) is 5.56 Å². The van der Waals surface area contributed by atoms with Gasteiger partial charge >= 0.3 is 0 Å². The SMILES string of the molecule is CNC(c1cnc2ccsc2c1)c1c(F)ccc(C)c1F. The number of aromatic nitrogens is 1. The Hall–Kier alpha value is -1.85. The Morgan fingerprint density at radius 3 is 2.81 bits per heavy atom. The van der Waals surface area contributed by atoms with E-state index in [9.17, 15) is 8.78 Å². The molecule has 3 rings (SSSR count). The van der Waals surface area contributed by atoms with Crippen LogP contribution >= 0.6 is 11.3 Å². The summed E-state index contributed by atoms with van der Waals surface area (Å²) in [7, 11) is 1.69. The highest BCUT2D eigenvalue weighted by atomic mass is 32.1. The van der Waals surface area contributed by atoms with Gasteiger partial charge in [-0.1, -0.05) is 6.07 Å². The molecule has 1 unspecified atom stereocenters. The minimum absolute atomic E-state index is 0.0372. The van der Waals surface area contributed by atoms with Gasteiger partial charge in [0.25, 0.3) is 0 Å². The van der Waals surface area contributed by atoms with Crippen LogP contribution in [0.3, 0.4) is 0 Å². The average molecular weight is 304 g/mol. The Labute approximate surface area is 125 Å². The number of aryl methyl sites for hydroxylation is 1. The molecule has 0 radical (unpaired) electrons. The second-order valence-corrected chi connectivity index (χ2v) is 5.83. The highest BCUT2D eigenvalue weighted by Gasteiger charge is 2.22. The molecule has 0 saturated heterocycles. The van der Waals surface area contributed by atoms with Gasteiger partial charge < -0.3 is 5.32 Å². The first-order valence-corrected chi connectivity index (χ1v) is 7.44. The quantitative estimate of drug-likeness (QED) is 0.785. The zero-order valence-electron chi connectivity index (χ0n) is 11.7. The van der Waals surface area contributed by atoms with E-state index in [1.165, 1.54) is 12.1 Å². The van der Waals surface area contributed by atoms with E-state index in [4.69, 9.17) is 0 Å². The smallest absolute Gasteiger partial charge is 0.134 e. The summed E-state index contributed by atoms with van der Waals surface area (Å²) in [5, 5.41) is 4.93. The maximum absolute atomic E-state index is 14.3. The van der Waals surface area contributed by atoms with E-state index in [2.05, 4.69) is 10.3 Å². The van der Waals surface area contributed by atoms with Crippen LogP contribution in [0, 0.1) is 18.6 Å². The van der Waals surface area contributed by atoms with Crippen molar-refractivity contribution in [1.82, 2.24) is 10.3 Å². The molecule has 2 aromatic heterocycles. The minimum atomic E-state index is -0.566. The van der Waals surface area contributed by atoms with Crippen LogP contribution in [0.4, 0.5) is 8.78 Å². The van der Waals surface area contributed by atoms with Crippen LogP contribution < -0.4 is 5.32 Å². The maximum Gasteiger partial charge on any atom is 0.134 e. The number of hydrogen-bond donors (Lipinski definition) is 1. The molecule has 0 bridgehead atoms. The fourth-order valence-electron chi connectivity index (χ4n) is 2.44. The highest BCUT2D eigenvalue weighted by molar-refractivity contribution is 7.17. The fraction of sp³-hybridized carbons (Fsp3) is 0.188. The normalized spacial score (nSPS) is 12.8. The topological polar surface area (TPSA) is 24.9 Å². The summed E-state index contributed by atoms with van der Waals surface area (Å²) in [5.74, 6) is -1.07. The Balaban J connectivity index is 2.15. The molecule has 0 amide bonds. The first kappa shape index (κ1) is 14.1. The summed E-state index contributed by atoms with van der Waals surface area (Å²) in [6, 6.07) is 6.03. The summed E-state index contributed by atoms with van der Waals surface area (Å²) in [6.45, 7) is 1.63. The van der Waals surface area contributed by atoms with Crippen molar-refractivity contribution in [2.45, 2.75) is 13.0 Å². The second kappa shape index (κ2) is 5.50. The van der Waals surface area contributed by atoms with Crippen LogP contribution in [0.5, 0.6) is 0 Å². The van der Waals surface area contributed by atoms with Gasteiger partial charge in [-0.15, -0.1) is 11.3 Å². The molecule has 0 aliphatic rings. The van der Waals surface area contributed by atoms with Gasteiger partial charge in [0, 0.05) is 11.8 Å². The average Bonchev–Trinajstić information content (AvgIpc) is 2.95. The molecule has 21 heavy (non-hydrogen) atoms. The van der Waals surface area contributed by atoms with Crippen molar-refractivity contribution in [1.29, 1.82) is 0 Å². The third-order valence-corrected chi connectivity index (χ3v) is 4.41. The predicted octanol–water partition coefficient (Wildman–Crippen LogP) is 4.19. The van der Waals surface area contributed by atoms with Crippen LogP contribution in [0.2, 0.25) is 0 Å². The van der Waals surface area contributed by atoms with Crippen molar-refractivity contribution in [2.75, 3.05) is 7.05 Å². The molecule has 1 atom stereocenters. The third-order valence-electron chi connectivity index (χ3n) is 3.55. The lowest BCUT2D eigenvalue weighted by atomic mass is 9.97. The maximum atomic E-state index is 14.3. The van der Waals surface area contributed by atoms with Crippen molar-refractivity contribution in [2.24, 2.45) is 0 Å². The van der Waals surface area contributed by atoms with Crippen molar-refractivity contribution in [3.8, 4) is 0 Å². The molecule has 2 nitrogen and oxygen atoms in total. The summed E-state index contributed by atoms with van der Waals surface area (Å²) in [5.41, 5.74) is 2.10. The summed E-state index contributed by atoms with van der Waals surface area (Å²) < 4.78 is 29.5. The van der Waals surface area contributed by atoms with Gasteiger partial charge in [-0.2, -0.15) is 0 Å². The third kappa shape index (κ3) is 2.43. The molecule has 0 fully saturated rings. The van der Waals surface area contributed by atoms with Crippen molar-refractivity contribution in [3.63, 3.8) is 0 Å². The Kier molecular flexibility index (Phi) is 3.69. The molecule has 0 spiro atoms. The monoisotopic (exact) mass is 304 g/mol. The number of pyridine rings is 1. The zero-order chi connectivity index (χ0) is 15.0. The Morgan fingerprint density at radius 2 is 2.05 bits per heavy atom. The molecule has 1 aromatic carbocycles. The minimum Gasteiger partial charge on any atom is -0.309 e. The van der Waals surface area contributed by atoms with E-state index in [1.807, 2.05) is 17.5 Å². The first-order valence-electron chi connectivity index (χ1n) is 6.56. The van der Waals surface area contributed by atoms with E-state index in [1.54, 1.807) is 31.5 Å². The number of nitrogens with one attached hydrogen (secondary N) is 1. The van der Waals surface area contributed by atoms with Crippen LogP contribution in [0.1, 0.15) is 22.7 Å². The zero-order valence-corrected chi connectivity index (χ0v) is 12.5. The van der Waals surface area contributed by atoms with Gasteiger partial charge in [-0.05, 0) is 48.7 Å². The largest absolute Gasteiger partial charge is 0.309 e. The van der Waals surface area contributed by atoms with Crippen LogP contribution in [-0.2, 0) is 0 Å². The Morgan fingerprint density at radius 1 is 1.24 bits per heavy atom. The lowest BCUT2D eigenvalue weighted by Gasteiger charge is -2.19. The first-order chi connectivity index (χ1) is 10.1. The summed E-state index contributed by atoms with van der Waals surface area (Å²) in [4.78, 5) is 4.34. The number of nitrogens with zero attached hydrogens (tertiary/aromatic N) is 1. The molecule has 108 valence electrons. The standard InChI is InChI=1S/C16H14F2N2S/c1-9-3-4-11(17)14(15(9)18)16(19-2)10-7-13-12(20-8-10)5-6-21-13/h3-8,16,19H,1-2H3. The van der Waals surface area contributed by atoms with Gasteiger partial charge in [0.05, 0.1) is 16.3 Å². The van der Waals surface area contributed by atoms with E-state index < -0.39 is 17.7 Å². The highest BCUT2D eigenvalue weighted by Crippen LogP contribution is 2.30. The lowest BCUT2D eigenvalue weighted by Crippen LogP contribution is -2.21. The summed E-state index contributed by atoms with van der Waals surface area (Å²) in [6.07, 6.45) is 1.66. The lowest BCUT2D eigenvalue weighted by molar-refractivity contribution is 0.517.